The number of amides is 1. The first-order chi connectivity index (χ1) is 14.5. The van der Waals surface area contributed by atoms with Crippen LogP contribution in [0, 0.1) is 11.6 Å². The molecule has 0 N–H and O–H groups in total. The number of hydrogen-bond acceptors (Lipinski definition) is 3. The molecular weight excluding hydrogens is 384 g/mol. The fraction of sp³-hybridized carbons (Fsp3) is 0.333. The van der Waals surface area contributed by atoms with Crippen LogP contribution in [0.15, 0.2) is 65.8 Å². The van der Waals surface area contributed by atoms with Gasteiger partial charge in [-0.25, -0.2) is 13.8 Å². The molecule has 2 aliphatic rings. The fourth-order valence-electron chi connectivity index (χ4n) is 4.45. The van der Waals surface area contributed by atoms with Crippen molar-refractivity contribution < 1.29 is 13.6 Å². The fourth-order valence-corrected chi connectivity index (χ4v) is 4.45. The van der Waals surface area contributed by atoms with E-state index in [2.05, 4.69) is 22.2 Å². The number of hydrogen-bond donors (Lipinski definition) is 0. The third kappa shape index (κ3) is 3.92. The van der Waals surface area contributed by atoms with Crippen LogP contribution >= 0.6 is 0 Å². The van der Waals surface area contributed by atoms with Gasteiger partial charge in [-0.2, -0.15) is 5.10 Å². The van der Waals surface area contributed by atoms with Gasteiger partial charge in [0.15, 0.2) is 0 Å². The second-order valence-electron chi connectivity index (χ2n) is 7.91. The van der Waals surface area contributed by atoms with Crippen molar-refractivity contribution in [2.45, 2.75) is 31.7 Å². The molecule has 6 heteroatoms. The lowest BCUT2D eigenvalue weighted by Crippen LogP contribution is -2.43. The Morgan fingerprint density at radius 1 is 1.10 bits per heavy atom. The summed E-state index contributed by atoms with van der Waals surface area (Å²) in [6.45, 7) is 4.24. The normalized spacial score (nSPS) is 21.3. The highest BCUT2D eigenvalue weighted by atomic mass is 19.1. The summed E-state index contributed by atoms with van der Waals surface area (Å²) in [5.41, 5.74) is 0.751. The highest BCUT2D eigenvalue weighted by Gasteiger charge is 2.46. The molecule has 4 rings (SSSR count). The van der Waals surface area contributed by atoms with Crippen LogP contribution < -0.4 is 0 Å². The molecule has 0 aliphatic carbocycles. The SMILES string of the molecule is CC(=O)N1N=C(c2cc(F)ccc2F)C[C@@]1(CCCN1CC=CC1)c1ccccc1. The molecule has 156 valence electrons. The van der Waals surface area contributed by atoms with Crippen LogP contribution in [0.4, 0.5) is 8.78 Å². The van der Waals surface area contributed by atoms with Crippen molar-refractivity contribution in [1.82, 2.24) is 9.91 Å². The van der Waals surface area contributed by atoms with Crippen molar-refractivity contribution in [3.05, 3.63) is 83.4 Å². The Morgan fingerprint density at radius 3 is 2.53 bits per heavy atom. The molecule has 1 amide bonds. The summed E-state index contributed by atoms with van der Waals surface area (Å²) < 4.78 is 28.3. The molecule has 0 spiro atoms. The Labute approximate surface area is 175 Å². The topological polar surface area (TPSA) is 35.9 Å². The molecule has 0 radical (unpaired) electrons. The number of halogens is 2. The lowest BCUT2D eigenvalue weighted by molar-refractivity contribution is -0.135. The van der Waals surface area contributed by atoms with Gasteiger partial charge in [0, 0.05) is 32.0 Å². The van der Waals surface area contributed by atoms with Gasteiger partial charge >= 0.3 is 0 Å². The maximum absolute atomic E-state index is 14.5. The molecule has 2 heterocycles. The van der Waals surface area contributed by atoms with Gasteiger partial charge in [0.05, 0.1) is 11.3 Å². The van der Waals surface area contributed by atoms with Gasteiger partial charge in [0.25, 0.3) is 0 Å². The summed E-state index contributed by atoms with van der Waals surface area (Å²) in [5, 5.41) is 5.98. The van der Waals surface area contributed by atoms with Crippen LogP contribution in [0.2, 0.25) is 0 Å². The number of nitrogens with zero attached hydrogens (tertiary/aromatic N) is 3. The maximum Gasteiger partial charge on any atom is 0.240 e. The quantitative estimate of drug-likeness (QED) is 0.660. The number of carbonyl (C=O) groups excluding carboxylic acids is 1. The van der Waals surface area contributed by atoms with Crippen molar-refractivity contribution in [1.29, 1.82) is 0 Å². The van der Waals surface area contributed by atoms with Gasteiger partial charge in [-0.3, -0.25) is 9.69 Å². The largest absolute Gasteiger partial charge is 0.296 e. The van der Waals surface area contributed by atoms with Gasteiger partial charge < -0.3 is 0 Å². The minimum atomic E-state index is -0.714. The Morgan fingerprint density at radius 2 is 1.83 bits per heavy atom. The molecule has 2 aromatic carbocycles. The molecule has 2 aliphatic heterocycles. The molecule has 1 atom stereocenters. The van der Waals surface area contributed by atoms with Crippen LogP contribution in [0.25, 0.3) is 0 Å². The van der Waals surface area contributed by atoms with Crippen molar-refractivity contribution in [3.8, 4) is 0 Å². The zero-order valence-corrected chi connectivity index (χ0v) is 17.0. The third-order valence-corrected chi connectivity index (χ3v) is 5.89. The summed E-state index contributed by atoms with van der Waals surface area (Å²) in [6, 6.07) is 13.1. The van der Waals surface area contributed by atoms with Crippen LogP contribution in [-0.2, 0) is 10.3 Å². The summed E-state index contributed by atoms with van der Waals surface area (Å²) in [6.07, 6.45) is 6.18. The van der Waals surface area contributed by atoms with Crippen LogP contribution in [0.3, 0.4) is 0 Å². The van der Waals surface area contributed by atoms with E-state index < -0.39 is 17.2 Å². The number of hydrazone groups is 1. The van der Waals surface area contributed by atoms with E-state index >= 15 is 0 Å². The molecule has 0 aromatic heterocycles. The average Bonchev–Trinajstić information content (AvgIpc) is 3.39. The van der Waals surface area contributed by atoms with E-state index in [4.69, 9.17) is 0 Å². The molecule has 0 unspecified atom stereocenters. The molecule has 0 saturated carbocycles. The number of carbonyl (C=O) groups is 1. The van der Waals surface area contributed by atoms with Crippen molar-refractivity contribution in [2.24, 2.45) is 5.10 Å². The van der Waals surface area contributed by atoms with E-state index in [1.165, 1.54) is 11.9 Å². The first-order valence-electron chi connectivity index (χ1n) is 10.3. The van der Waals surface area contributed by atoms with E-state index in [9.17, 15) is 13.6 Å². The van der Waals surface area contributed by atoms with E-state index in [-0.39, 0.29) is 11.5 Å². The lowest BCUT2D eigenvalue weighted by atomic mass is 9.80. The van der Waals surface area contributed by atoms with Gasteiger partial charge in [-0.05, 0) is 43.1 Å². The van der Waals surface area contributed by atoms with Crippen LogP contribution in [0.5, 0.6) is 0 Å². The molecule has 0 bridgehead atoms. The van der Waals surface area contributed by atoms with E-state index in [0.29, 0.717) is 18.6 Å². The predicted octanol–water partition coefficient (Wildman–Crippen LogP) is 4.47. The summed E-state index contributed by atoms with van der Waals surface area (Å²) in [4.78, 5) is 14.9. The standard InChI is InChI=1S/C24H25F2N3O/c1-18(30)29-24(19-8-3-2-4-9-19,12-7-15-28-13-5-6-14-28)17-23(27-29)21-16-20(25)10-11-22(21)26/h2-6,8-11,16H,7,12-15,17H2,1H3/t24-/m0/s1. The zero-order chi connectivity index (χ0) is 21.1. The van der Waals surface area contributed by atoms with E-state index in [0.717, 1.165) is 49.8 Å². The molecule has 30 heavy (non-hydrogen) atoms. The first-order valence-corrected chi connectivity index (χ1v) is 10.3. The average molecular weight is 409 g/mol. The lowest BCUT2D eigenvalue weighted by Gasteiger charge is -2.37. The molecule has 4 nitrogen and oxygen atoms in total. The first kappa shape index (κ1) is 20.4. The van der Waals surface area contributed by atoms with Crippen LogP contribution in [0.1, 0.15) is 37.3 Å². The maximum atomic E-state index is 14.5. The summed E-state index contributed by atoms with van der Waals surface area (Å²) in [5.74, 6) is -1.28. The smallest absolute Gasteiger partial charge is 0.240 e. The number of benzene rings is 2. The van der Waals surface area contributed by atoms with Crippen molar-refractivity contribution in [2.75, 3.05) is 19.6 Å². The minimum Gasteiger partial charge on any atom is -0.296 e. The van der Waals surface area contributed by atoms with E-state index in [1.807, 2.05) is 30.3 Å². The predicted molar refractivity (Wildman–Crippen MR) is 113 cm³/mol. The molecule has 0 saturated heterocycles. The second-order valence-corrected chi connectivity index (χ2v) is 7.91. The van der Waals surface area contributed by atoms with Gasteiger partial charge in [0.1, 0.15) is 11.6 Å². The van der Waals surface area contributed by atoms with Crippen molar-refractivity contribution >= 4 is 11.6 Å². The number of rotatable bonds is 6. The highest BCUT2D eigenvalue weighted by Crippen LogP contribution is 2.43. The minimum absolute atomic E-state index is 0.114. The second kappa shape index (κ2) is 8.48. The zero-order valence-electron chi connectivity index (χ0n) is 17.0. The summed E-state index contributed by atoms with van der Waals surface area (Å²) in [7, 11) is 0. The monoisotopic (exact) mass is 409 g/mol. The Bertz CT molecular complexity index is 981. The van der Waals surface area contributed by atoms with Crippen molar-refractivity contribution in [3.63, 3.8) is 0 Å². The summed E-state index contributed by atoms with van der Waals surface area (Å²) >= 11 is 0. The highest BCUT2D eigenvalue weighted by molar-refractivity contribution is 6.03. The Hall–Kier alpha value is -2.86. The van der Waals surface area contributed by atoms with Crippen LogP contribution in [-0.4, -0.2) is 41.2 Å². The Kier molecular flexibility index (Phi) is 5.77. The Balaban J connectivity index is 1.68. The third-order valence-electron chi connectivity index (χ3n) is 5.89. The van der Waals surface area contributed by atoms with E-state index in [1.54, 1.807) is 0 Å². The van der Waals surface area contributed by atoms with Gasteiger partial charge in [-0.1, -0.05) is 42.5 Å². The van der Waals surface area contributed by atoms with Gasteiger partial charge in [0.2, 0.25) is 5.91 Å². The molecule has 2 aromatic rings. The molecule has 0 fully saturated rings. The van der Waals surface area contributed by atoms with Gasteiger partial charge in [-0.15, -0.1) is 0 Å². The molecular formula is C24H25F2N3O.